The van der Waals surface area contributed by atoms with Crippen LogP contribution in [0, 0.1) is 0 Å². The lowest BCUT2D eigenvalue weighted by molar-refractivity contribution is -0.139. The summed E-state index contributed by atoms with van der Waals surface area (Å²) >= 11 is 0. The van der Waals surface area contributed by atoms with E-state index in [9.17, 15) is 4.79 Å². The van der Waals surface area contributed by atoms with E-state index in [4.69, 9.17) is 10.8 Å². The highest BCUT2D eigenvalue weighted by Crippen LogP contribution is 2.08. The second-order valence-corrected chi connectivity index (χ2v) is 5.60. The standard InChI is InChI=1S/C16H34N2O2/c1-2-3-4-5-6-7-8-11-14-18-15(16(19)20)12-9-10-13-17/h15,18H,2-14,17H2,1H3,(H,19,20)/t15-/m0/s1. The van der Waals surface area contributed by atoms with Gasteiger partial charge in [-0.25, -0.2) is 0 Å². The molecule has 1 atom stereocenters. The minimum atomic E-state index is -0.735. The molecule has 0 aromatic carbocycles. The van der Waals surface area contributed by atoms with Crippen molar-refractivity contribution >= 4 is 5.97 Å². The predicted molar refractivity (Wildman–Crippen MR) is 84.9 cm³/mol. The third-order valence-electron chi connectivity index (χ3n) is 3.67. The van der Waals surface area contributed by atoms with Crippen LogP contribution in [0.3, 0.4) is 0 Å². The van der Waals surface area contributed by atoms with E-state index in [-0.39, 0.29) is 0 Å². The van der Waals surface area contributed by atoms with E-state index >= 15 is 0 Å². The Morgan fingerprint density at radius 2 is 1.60 bits per heavy atom. The maximum Gasteiger partial charge on any atom is 0.320 e. The van der Waals surface area contributed by atoms with Crippen LogP contribution in [-0.4, -0.2) is 30.2 Å². The van der Waals surface area contributed by atoms with Gasteiger partial charge in [0.15, 0.2) is 0 Å². The van der Waals surface area contributed by atoms with E-state index in [0.29, 0.717) is 13.0 Å². The van der Waals surface area contributed by atoms with Crippen molar-refractivity contribution in [1.82, 2.24) is 5.32 Å². The van der Waals surface area contributed by atoms with Crippen LogP contribution in [0.2, 0.25) is 0 Å². The molecule has 0 rings (SSSR count). The monoisotopic (exact) mass is 286 g/mol. The molecule has 0 aliphatic rings. The fourth-order valence-corrected chi connectivity index (χ4v) is 2.34. The minimum absolute atomic E-state index is 0.397. The summed E-state index contributed by atoms with van der Waals surface area (Å²) in [6.45, 7) is 3.69. The van der Waals surface area contributed by atoms with Gasteiger partial charge in [0.25, 0.3) is 0 Å². The van der Waals surface area contributed by atoms with Crippen LogP contribution in [0.5, 0.6) is 0 Å². The average Bonchev–Trinajstić information content (AvgIpc) is 2.43. The van der Waals surface area contributed by atoms with Gasteiger partial charge in [-0.2, -0.15) is 0 Å². The van der Waals surface area contributed by atoms with Crippen LogP contribution in [0.25, 0.3) is 0 Å². The molecule has 0 saturated carbocycles. The van der Waals surface area contributed by atoms with Crippen molar-refractivity contribution < 1.29 is 9.90 Å². The van der Waals surface area contributed by atoms with E-state index in [1.54, 1.807) is 0 Å². The minimum Gasteiger partial charge on any atom is -0.480 e. The second-order valence-electron chi connectivity index (χ2n) is 5.60. The zero-order valence-electron chi connectivity index (χ0n) is 13.2. The molecule has 0 fully saturated rings. The first-order valence-electron chi connectivity index (χ1n) is 8.38. The first-order valence-corrected chi connectivity index (χ1v) is 8.38. The number of hydrogen-bond donors (Lipinski definition) is 3. The molecular formula is C16H34N2O2. The summed E-state index contributed by atoms with van der Waals surface area (Å²) in [5, 5.41) is 12.3. The Morgan fingerprint density at radius 1 is 1.00 bits per heavy atom. The number of carbonyl (C=O) groups is 1. The molecule has 0 aromatic heterocycles. The van der Waals surface area contributed by atoms with Gasteiger partial charge in [0.1, 0.15) is 6.04 Å². The van der Waals surface area contributed by atoms with Crippen LogP contribution in [0.4, 0.5) is 0 Å². The van der Waals surface area contributed by atoms with E-state index in [1.165, 1.54) is 44.9 Å². The Labute approximate surface area is 124 Å². The Bertz CT molecular complexity index is 223. The second kappa shape index (κ2) is 14.8. The van der Waals surface area contributed by atoms with E-state index in [1.807, 2.05) is 0 Å². The molecule has 0 unspecified atom stereocenters. The summed E-state index contributed by atoms with van der Waals surface area (Å²) in [4.78, 5) is 11.1. The molecule has 0 aliphatic heterocycles. The molecule has 20 heavy (non-hydrogen) atoms. The number of carboxylic acid groups (broad SMARTS) is 1. The maximum absolute atomic E-state index is 11.1. The molecule has 0 aliphatic carbocycles. The molecule has 0 spiro atoms. The van der Waals surface area contributed by atoms with Gasteiger partial charge in [-0.1, -0.05) is 58.3 Å². The van der Waals surface area contributed by atoms with Gasteiger partial charge >= 0.3 is 5.97 Å². The molecule has 0 radical (unpaired) electrons. The van der Waals surface area contributed by atoms with Crippen molar-refractivity contribution in [3.8, 4) is 0 Å². The van der Waals surface area contributed by atoms with Crippen LogP contribution in [0.1, 0.15) is 77.6 Å². The third-order valence-corrected chi connectivity index (χ3v) is 3.67. The third kappa shape index (κ3) is 12.4. The number of rotatable bonds is 15. The molecule has 4 heteroatoms. The number of aliphatic carboxylic acids is 1. The quantitative estimate of drug-likeness (QED) is 0.404. The van der Waals surface area contributed by atoms with Gasteiger partial charge in [-0.15, -0.1) is 0 Å². The molecular weight excluding hydrogens is 252 g/mol. The average molecular weight is 286 g/mol. The lowest BCUT2D eigenvalue weighted by Gasteiger charge is -2.14. The van der Waals surface area contributed by atoms with E-state index in [2.05, 4.69) is 12.2 Å². The summed E-state index contributed by atoms with van der Waals surface area (Å²) < 4.78 is 0. The van der Waals surface area contributed by atoms with Crippen molar-refractivity contribution in [1.29, 1.82) is 0 Å². The molecule has 0 bridgehead atoms. The fraction of sp³-hybridized carbons (Fsp3) is 0.938. The largest absolute Gasteiger partial charge is 0.480 e. The van der Waals surface area contributed by atoms with Crippen LogP contribution in [0.15, 0.2) is 0 Å². The molecule has 4 N–H and O–H groups in total. The normalized spacial score (nSPS) is 12.5. The first kappa shape index (κ1) is 19.4. The van der Waals surface area contributed by atoms with Crippen LogP contribution in [-0.2, 0) is 4.79 Å². The highest BCUT2D eigenvalue weighted by atomic mass is 16.4. The van der Waals surface area contributed by atoms with Crippen molar-refractivity contribution in [3.05, 3.63) is 0 Å². The summed E-state index contributed by atoms with van der Waals surface area (Å²) in [6, 6.07) is -0.397. The number of carboxylic acids is 1. The van der Waals surface area contributed by atoms with Crippen molar-refractivity contribution in [2.24, 2.45) is 5.73 Å². The SMILES string of the molecule is CCCCCCCCCCN[C@@H](CCCCN)C(=O)O. The zero-order valence-corrected chi connectivity index (χ0v) is 13.2. The smallest absolute Gasteiger partial charge is 0.320 e. The van der Waals surface area contributed by atoms with Crippen molar-refractivity contribution in [2.75, 3.05) is 13.1 Å². The maximum atomic E-state index is 11.1. The van der Waals surface area contributed by atoms with Gasteiger partial charge in [-0.05, 0) is 32.4 Å². The van der Waals surface area contributed by atoms with Gasteiger partial charge in [0, 0.05) is 0 Å². The predicted octanol–water partition coefficient (Wildman–Crippen LogP) is 3.30. The Hall–Kier alpha value is -0.610. The lowest BCUT2D eigenvalue weighted by atomic mass is 10.1. The Kier molecular flexibility index (Phi) is 14.3. The molecule has 0 amide bonds. The Morgan fingerprint density at radius 3 is 2.15 bits per heavy atom. The summed E-state index contributed by atoms with van der Waals surface area (Å²) in [6.07, 6.45) is 12.7. The van der Waals surface area contributed by atoms with Gasteiger partial charge in [0.05, 0.1) is 0 Å². The molecule has 0 heterocycles. The highest BCUT2D eigenvalue weighted by Gasteiger charge is 2.15. The number of unbranched alkanes of at least 4 members (excludes halogenated alkanes) is 8. The van der Waals surface area contributed by atoms with Gasteiger partial charge < -0.3 is 16.2 Å². The highest BCUT2D eigenvalue weighted by molar-refractivity contribution is 5.73. The Balaban J connectivity index is 3.42. The molecule has 120 valence electrons. The zero-order chi connectivity index (χ0) is 15.1. The van der Waals surface area contributed by atoms with E-state index in [0.717, 1.165) is 25.8 Å². The van der Waals surface area contributed by atoms with Crippen LogP contribution >= 0.6 is 0 Å². The summed E-state index contributed by atoms with van der Waals surface area (Å²) in [5.41, 5.74) is 5.42. The fourth-order valence-electron chi connectivity index (χ4n) is 2.34. The number of hydrogen-bond acceptors (Lipinski definition) is 3. The first-order chi connectivity index (χ1) is 9.72. The topological polar surface area (TPSA) is 75.3 Å². The number of nitrogens with one attached hydrogen (secondary N) is 1. The van der Waals surface area contributed by atoms with E-state index < -0.39 is 12.0 Å². The lowest BCUT2D eigenvalue weighted by Crippen LogP contribution is -2.37. The number of nitrogens with two attached hydrogens (primary N) is 1. The summed E-state index contributed by atoms with van der Waals surface area (Å²) in [7, 11) is 0. The molecule has 0 saturated heterocycles. The van der Waals surface area contributed by atoms with Crippen molar-refractivity contribution in [3.63, 3.8) is 0 Å². The molecule has 4 nitrogen and oxygen atoms in total. The molecule has 0 aromatic rings. The van der Waals surface area contributed by atoms with Gasteiger partial charge in [-0.3, -0.25) is 4.79 Å². The van der Waals surface area contributed by atoms with Crippen molar-refractivity contribution in [2.45, 2.75) is 83.6 Å². The van der Waals surface area contributed by atoms with Crippen LogP contribution < -0.4 is 11.1 Å². The van der Waals surface area contributed by atoms with Gasteiger partial charge in [0.2, 0.25) is 0 Å². The summed E-state index contributed by atoms with van der Waals surface area (Å²) in [5.74, 6) is -0.735.